The van der Waals surface area contributed by atoms with Crippen LogP contribution in [0.4, 0.5) is 0 Å². The monoisotopic (exact) mass is 578 g/mol. The molecule has 0 heterocycles. The predicted molar refractivity (Wildman–Crippen MR) is 159 cm³/mol. The maximum atomic E-state index is 11.8. The molecule has 0 saturated carbocycles. The smallest absolute Gasteiger partial charge is 0.169 e. The molecule has 0 fully saturated rings. The number of methoxy groups -OCH3 is 2. The first-order valence-electron chi connectivity index (χ1n) is 13.0. The minimum absolute atomic E-state index is 0.0277. The van der Waals surface area contributed by atoms with Crippen LogP contribution in [0.2, 0.25) is 0 Å². The summed E-state index contributed by atoms with van der Waals surface area (Å²) < 4.78 is 10.2. The zero-order valence-electron chi connectivity index (χ0n) is 24.3. The lowest BCUT2D eigenvalue weighted by Crippen LogP contribution is -2.19. The van der Waals surface area contributed by atoms with Gasteiger partial charge in [0, 0.05) is 53.5 Å². The first kappa shape index (κ1) is 29.9. The second kappa shape index (κ2) is 10.4. The maximum absolute atomic E-state index is 11.8. The van der Waals surface area contributed by atoms with Gasteiger partial charge in [0.2, 0.25) is 0 Å². The SMILES string of the molecule is C=c1c(O)c2c(=C(C)C)c(O)c(O)c(=COC)c2c(O)/c1=c1/c(C)c(O)c2c(C(C)C)c(O)c(O)c(=COC)c2c1O. The van der Waals surface area contributed by atoms with Gasteiger partial charge < -0.3 is 50.3 Å². The molecule has 0 aromatic heterocycles. The fourth-order valence-corrected chi connectivity index (χ4v) is 5.71. The number of fused-ring (bicyclic) bond motifs is 2. The molecule has 0 bridgehead atoms. The Labute approximate surface area is 239 Å². The Kier molecular flexibility index (Phi) is 7.37. The van der Waals surface area contributed by atoms with Gasteiger partial charge in [-0.1, -0.05) is 26.0 Å². The van der Waals surface area contributed by atoms with Gasteiger partial charge in [0.15, 0.2) is 23.0 Å². The molecule has 222 valence electrons. The van der Waals surface area contributed by atoms with Gasteiger partial charge in [0.25, 0.3) is 0 Å². The van der Waals surface area contributed by atoms with E-state index in [0.717, 1.165) is 12.5 Å². The van der Waals surface area contributed by atoms with Crippen molar-refractivity contribution < 1.29 is 50.3 Å². The molecule has 4 aromatic carbocycles. The number of rotatable bonds is 3. The van der Waals surface area contributed by atoms with E-state index >= 15 is 0 Å². The van der Waals surface area contributed by atoms with Crippen LogP contribution in [0, 0.1) is 17.4 Å². The van der Waals surface area contributed by atoms with Gasteiger partial charge in [-0.15, -0.1) is 0 Å². The zero-order valence-corrected chi connectivity index (χ0v) is 24.3. The molecule has 42 heavy (non-hydrogen) atoms. The highest BCUT2D eigenvalue weighted by molar-refractivity contribution is 6.01. The molecule has 4 rings (SSSR count). The number of phenolic OH excluding ortho intramolecular Hbond substituents is 8. The quantitative estimate of drug-likeness (QED) is 0.133. The van der Waals surface area contributed by atoms with E-state index in [1.807, 2.05) is 0 Å². The Balaban J connectivity index is 2.63. The zero-order chi connectivity index (χ0) is 31.5. The van der Waals surface area contributed by atoms with Crippen molar-refractivity contribution in [3.8, 4) is 46.0 Å². The van der Waals surface area contributed by atoms with Crippen molar-refractivity contribution in [2.24, 2.45) is 0 Å². The molecule has 8 N–H and O–H groups in total. The third-order valence-electron chi connectivity index (χ3n) is 7.55. The molecule has 0 spiro atoms. The van der Waals surface area contributed by atoms with E-state index in [0.29, 0.717) is 5.57 Å². The standard InChI is InChI=1S/C32H34O10/c1-11(2)17-23-21(15(9-41-7)27(35)31(17)39)29(37)19(13(5)25(23)33)20-14(6)26(34)24-18(12(3)4)32(40)28(36)16(10-42-8)22(24)30(20)38/h9-10,12,33-40H,5H2,1-4,6-8H3/b15-9?,16-10?,20-19-. The van der Waals surface area contributed by atoms with Crippen LogP contribution in [0.25, 0.3) is 46.2 Å². The number of ether oxygens (including phenoxy) is 2. The predicted octanol–water partition coefficient (Wildman–Crippen LogP) is 2.73. The van der Waals surface area contributed by atoms with E-state index in [1.165, 1.54) is 21.1 Å². The first-order valence-corrected chi connectivity index (χ1v) is 13.0. The second-order valence-corrected chi connectivity index (χ2v) is 10.6. The summed E-state index contributed by atoms with van der Waals surface area (Å²) in [4.78, 5) is 0. The molecule has 0 unspecified atom stereocenters. The van der Waals surface area contributed by atoms with Crippen LogP contribution in [-0.4, -0.2) is 55.1 Å². The Morgan fingerprint density at radius 2 is 1.10 bits per heavy atom. The summed E-state index contributed by atoms with van der Waals surface area (Å²) in [5.41, 5.74) is 0.708. The number of benzene rings is 4. The van der Waals surface area contributed by atoms with E-state index in [4.69, 9.17) is 9.47 Å². The van der Waals surface area contributed by atoms with Crippen molar-refractivity contribution in [1.29, 1.82) is 0 Å². The molecule has 4 aromatic rings. The van der Waals surface area contributed by atoms with Crippen molar-refractivity contribution in [1.82, 2.24) is 0 Å². The molecule has 0 radical (unpaired) electrons. The Morgan fingerprint density at radius 1 is 0.619 bits per heavy atom. The normalized spacial score (nSPS) is 13.4. The topological polar surface area (TPSA) is 180 Å². The van der Waals surface area contributed by atoms with Gasteiger partial charge in [-0.25, -0.2) is 0 Å². The number of aromatic hydroxyl groups is 8. The third kappa shape index (κ3) is 3.93. The fourth-order valence-electron chi connectivity index (χ4n) is 5.71. The van der Waals surface area contributed by atoms with Gasteiger partial charge in [0.1, 0.15) is 23.0 Å². The average molecular weight is 579 g/mol. The lowest BCUT2D eigenvalue weighted by Gasteiger charge is -2.19. The van der Waals surface area contributed by atoms with Crippen molar-refractivity contribution >= 4 is 46.2 Å². The molecule has 0 aliphatic heterocycles. The summed E-state index contributed by atoms with van der Waals surface area (Å²) in [6.45, 7) is 12.1. The molecular weight excluding hydrogens is 544 g/mol. The maximum Gasteiger partial charge on any atom is 0.169 e. The van der Waals surface area contributed by atoms with E-state index in [9.17, 15) is 40.9 Å². The summed E-state index contributed by atoms with van der Waals surface area (Å²) in [5, 5.41) is 89.2. The van der Waals surface area contributed by atoms with Crippen molar-refractivity contribution in [2.75, 3.05) is 14.2 Å². The van der Waals surface area contributed by atoms with Crippen LogP contribution in [0.5, 0.6) is 46.0 Å². The summed E-state index contributed by atoms with van der Waals surface area (Å²) in [5.74, 6) is -4.64. The average Bonchev–Trinajstić information content (AvgIpc) is 2.92. The van der Waals surface area contributed by atoms with E-state index < -0.39 is 46.2 Å². The van der Waals surface area contributed by atoms with Crippen molar-refractivity contribution in [2.45, 2.75) is 40.5 Å². The van der Waals surface area contributed by atoms with E-state index in [-0.39, 0.29) is 69.7 Å². The van der Waals surface area contributed by atoms with E-state index in [2.05, 4.69) is 6.58 Å². The summed E-state index contributed by atoms with van der Waals surface area (Å²) in [6.07, 6.45) is 2.16. The molecule has 0 aliphatic carbocycles. The largest absolute Gasteiger partial charge is 0.507 e. The van der Waals surface area contributed by atoms with Crippen molar-refractivity contribution in [3.63, 3.8) is 0 Å². The minimum atomic E-state index is -0.626. The van der Waals surface area contributed by atoms with Crippen LogP contribution < -0.4 is 20.9 Å². The molecule has 10 nitrogen and oxygen atoms in total. The van der Waals surface area contributed by atoms with Crippen LogP contribution >= 0.6 is 0 Å². The van der Waals surface area contributed by atoms with Gasteiger partial charge in [-0.05, 0) is 26.7 Å². The Hall–Kier alpha value is -5.12. The number of phenols is 8. The lowest BCUT2D eigenvalue weighted by molar-refractivity contribution is 0.378. The van der Waals surface area contributed by atoms with Crippen LogP contribution in [0.15, 0.2) is 0 Å². The third-order valence-corrected chi connectivity index (χ3v) is 7.55. The highest BCUT2D eigenvalue weighted by atomic mass is 16.5. The fraction of sp³-hybridized carbons (Fsp3) is 0.250. The molecule has 0 atom stereocenters. The molecule has 0 aliphatic rings. The van der Waals surface area contributed by atoms with Gasteiger partial charge in [-0.2, -0.15) is 0 Å². The number of hydrogen-bond acceptors (Lipinski definition) is 10. The van der Waals surface area contributed by atoms with Gasteiger partial charge in [-0.3, -0.25) is 0 Å². The Morgan fingerprint density at radius 3 is 1.57 bits per heavy atom. The van der Waals surface area contributed by atoms with Crippen molar-refractivity contribution in [3.05, 3.63) is 42.4 Å². The summed E-state index contributed by atoms with van der Waals surface area (Å²) in [6, 6.07) is 0. The molecule has 0 amide bonds. The molecular formula is C32H34O10. The highest BCUT2D eigenvalue weighted by Gasteiger charge is 2.26. The lowest BCUT2D eigenvalue weighted by atomic mass is 9.89. The minimum Gasteiger partial charge on any atom is -0.507 e. The summed E-state index contributed by atoms with van der Waals surface area (Å²) in [7, 11) is 2.59. The van der Waals surface area contributed by atoms with Crippen LogP contribution in [0.3, 0.4) is 0 Å². The van der Waals surface area contributed by atoms with Crippen LogP contribution in [0.1, 0.15) is 44.7 Å². The van der Waals surface area contributed by atoms with Gasteiger partial charge in [0.05, 0.1) is 37.2 Å². The number of hydrogen-bond donors (Lipinski definition) is 8. The summed E-state index contributed by atoms with van der Waals surface area (Å²) >= 11 is 0. The van der Waals surface area contributed by atoms with Crippen LogP contribution in [-0.2, 0) is 9.47 Å². The second-order valence-electron chi connectivity index (χ2n) is 10.6. The first-order chi connectivity index (χ1) is 19.6. The molecule has 10 heteroatoms. The Bertz CT molecular complexity index is 2160. The van der Waals surface area contributed by atoms with E-state index in [1.54, 1.807) is 27.7 Å². The molecule has 0 saturated heterocycles. The van der Waals surface area contributed by atoms with Gasteiger partial charge >= 0.3 is 0 Å². The highest BCUT2D eigenvalue weighted by Crippen LogP contribution is 2.46.